The number of benzene rings is 1. The quantitative estimate of drug-likeness (QED) is 0.873. The van der Waals surface area contributed by atoms with Gasteiger partial charge in [-0.1, -0.05) is 12.1 Å². The molecule has 1 N–H and O–H groups in total. The summed E-state index contributed by atoms with van der Waals surface area (Å²) in [6, 6.07) is 4.09. The van der Waals surface area contributed by atoms with Crippen molar-refractivity contribution in [1.82, 2.24) is 4.90 Å². The van der Waals surface area contributed by atoms with Crippen LogP contribution in [0.1, 0.15) is 36.0 Å². The van der Waals surface area contributed by atoms with E-state index in [1.807, 2.05) is 17.9 Å². The van der Waals surface area contributed by atoms with Crippen molar-refractivity contribution in [3.63, 3.8) is 0 Å². The molecule has 1 aromatic heterocycles. The van der Waals surface area contributed by atoms with Gasteiger partial charge in [-0.2, -0.15) is 0 Å². The van der Waals surface area contributed by atoms with Crippen molar-refractivity contribution >= 4 is 22.8 Å². The van der Waals surface area contributed by atoms with Crippen molar-refractivity contribution in [2.45, 2.75) is 45.6 Å². The Morgan fingerprint density at radius 3 is 2.64 bits per heavy atom. The lowest BCUT2D eigenvalue weighted by Crippen LogP contribution is -2.43. The highest BCUT2D eigenvalue weighted by molar-refractivity contribution is 5.89. The lowest BCUT2D eigenvalue weighted by atomic mass is 9.84. The molecular weight excluding hydrogens is 358 g/mol. The maximum atomic E-state index is 12.8. The summed E-state index contributed by atoms with van der Waals surface area (Å²) in [4.78, 5) is 26.1. The Hall–Kier alpha value is -2.34. The van der Waals surface area contributed by atoms with E-state index in [-0.39, 0.29) is 17.9 Å². The Bertz CT molecular complexity index is 894. The normalized spacial score (nSPS) is 23.4. The summed E-state index contributed by atoms with van der Waals surface area (Å²) < 4.78 is 11.4. The van der Waals surface area contributed by atoms with Gasteiger partial charge in [-0.15, -0.1) is 0 Å². The molecule has 0 aliphatic carbocycles. The van der Waals surface area contributed by atoms with E-state index >= 15 is 0 Å². The first-order valence-corrected chi connectivity index (χ1v) is 10.0. The minimum Gasteiger partial charge on any atom is -0.481 e. The third-order valence-electron chi connectivity index (χ3n) is 6.49. The number of fused-ring (bicyclic) bond motifs is 1. The van der Waals surface area contributed by atoms with Crippen LogP contribution in [0.5, 0.6) is 0 Å². The third-order valence-corrected chi connectivity index (χ3v) is 6.49. The molecule has 1 aromatic carbocycles. The number of ether oxygens (including phenoxy) is 1. The highest BCUT2D eigenvalue weighted by Gasteiger charge is 2.40. The number of carboxylic acids is 1. The summed E-state index contributed by atoms with van der Waals surface area (Å²) in [5.74, 6) is -0.857. The Balaban J connectivity index is 1.38. The number of nitrogens with zero attached hydrogens (tertiary/aromatic N) is 1. The molecule has 4 rings (SSSR count). The van der Waals surface area contributed by atoms with Gasteiger partial charge in [0, 0.05) is 30.6 Å². The molecule has 6 nitrogen and oxygen atoms in total. The number of hydrogen-bond acceptors (Lipinski definition) is 4. The number of likely N-dealkylation sites (tertiary alicyclic amines) is 1. The van der Waals surface area contributed by atoms with E-state index in [4.69, 9.17) is 9.15 Å². The van der Waals surface area contributed by atoms with E-state index in [1.165, 1.54) is 5.56 Å². The summed E-state index contributed by atoms with van der Waals surface area (Å²) in [6.45, 7) is 5.92. The summed E-state index contributed by atoms with van der Waals surface area (Å²) >= 11 is 0. The van der Waals surface area contributed by atoms with Crippen LogP contribution >= 0.6 is 0 Å². The first kappa shape index (κ1) is 19.0. The number of carboxylic acid groups (broad SMARTS) is 1. The molecule has 0 bridgehead atoms. The monoisotopic (exact) mass is 385 g/mol. The molecule has 2 aromatic rings. The Labute approximate surface area is 164 Å². The standard InChI is InChI=1S/C22H27NO5/c1-13-3-4-17-16(12-28-20(17)14(13)2)11-19(24)23-8-5-15(6-9-23)21-18(22(25)26)7-10-27-21/h3-4,12,15,18,21H,5-11H2,1-2H3,(H,25,26)/t18?,21-/m0/s1. The molecule has 0 radical (unpaired) electrons. The lowest BCUT2D eigenvalue weighted by molar-refractivity contribution is -0.145. The average Bonchev–Trinajstić information content (AvgIpc) is 3.33. The summed E-state index contributed by atoms with van der Waals surface area (Å²) in [6.07, 6.45) is 4.00. The fourth-order valence-corrected chi connectivity index (χ4v) is 4.62. The van der Waals surface area contributed by atoms with Crippen molar-refractivity contribution in [1.29, 1.82) is 0 Å². The predicted molar refractivity (Wildman–Crippen MR) is 104 cm³/mol. The third kappa shape index (κ3) is 3.41. The molecule has 2 aliphatic rings. The molecule has 2 atom stereocenters. The zero-order chi connectivity index (χ0) is 19.8. The van der Waals surface area contributed by atoms with Crippen LogP contribution in [-0.4, -0.2) is 47.7 Å². The second-order valence-electron chi connectivity index (χ2n) is 8.11. The number of rotatable bonds is 4. The number of aryl methyl sites for hydroxylation is 2. The van der Waals surface area contributed by atoms with Crippen molar-refractivity contribution in [2.75, 3.05) is 19.7 Å². The van der Waals surface area contributed by atoms with E-state index in [0.717, 1.165) is 34.9 Å². The fourth-order valence-electron chi connectivity index (χ4n) is 4.62. The van der Waals surface area contributed by atoms with Crippen molar-refractivity contribution < 1.29 is 23.8 Å². The van der Waals surface area contributed by atoms with Gasteiger partial charge >= 0.3 is 5.97 Å². The van der Waals surface area contributed by atoms with Gasteiger partial charge in [0.2, 0.25) is 5.91 Å². The largest absolute Gasteiger partial charge is 0.481 e. The molecule has 1 unspecified atom stereocenters. The van der Waals surface area contributed by atoms with Gasteiger partial charge in [-0.3, -0.25) is 9.59 Å². The van der Waals surface area contributed by atoms with Crippen LogP contribution in [0.25, 0.3) is 11.0 Å². The molecule has 1 amide bonds. The number of carbonyl (C=O) groups is 2. The van der Waals surface area contributed by atoms with Crippen LogP contribution in [0.15, 0.2) is 22.8 Å². The minimum absolute atomic E-state index is 0.0986. The molecule has 2 saturated heterocycles. The van der Waals surface area contributed by atoms with Crippen molar-refractivity contribution in [3.05, 3.63) is 35.1 Å². The average molecular weight is 385 g/mol. The van der Waals surface area contributed by atoms with E-state index < -0.39 is 11.9 Å². The van der Waals surface area contributed by atoms with Crippen LogP contribution in [0.2, 0.25) is 0 Å². The number of piperidine rings is 1. The van der Waals surface area contributed by atoms with E-state index in [1.54, 1.807) is 6.26 Å². The minimum atomic E-state index is -0.765. The number of hydrogen-bond donors (Lipinski definition) is 1. The summed E-state index contributed by atoms with van der Waals surface area (Å²) in [5, 5.41) is 10.4. The van der Waals surface area contributed by atoms with Crippen LogP contribution in [0.4, 0.5) is 0 Å². The number of amides is 1. The molecule has 3 heterocycles. The van der Waals surface area contributed by atoms with Gasteiger partial charge in [0.05, 0.1) is 24.7 Å². The van der Waals surface area contributed by atoms with Crippen LogP contribution in [0.3, 0.4) is 0 Å². The highest BCUT2D eigenvalue weighted by Crippen LogP contribution is 2.34. The number of aliphatic carboxylic acids is 1. The second-order valence-corrected chi connectivity index (χ2v) is 8.11. The zero-order valence-electron chi connectivity index (χ0n) is 16.4. The van der Waals surface area contributed by atoms with Gasteiger partial charge in [0.25, 0.3) is 0 Å². The summed E-state index contributed by atoms with van der Waals surface area (Å²) in [7, 11) is 0. The number of furan rings is 1. The van der Waals surface area contributed by atoms with Crippen molar-refractivity contribution in [3.8, 4) is 0 Å². The van der Waals surface area contributed by atoms with Gasteiger partial charge in [-0.05, 0) is 50.2 Å². The van der Waals surface area contributed by atoms with Crippen LogP contribution in [0, 0.1) is 25.7 Å². The fraction of sp³-hybridized carbons (Fsp3) is 0.545. The van der Waals surface area contributed by atoms with Crippen LogP contribution < -0.4 is 0 Å². The molecule has 2 fully saturated rings. The first-order valence-electron chi connectivity index (χ1n) is 10.0. The molecule has 150 valence electrons. The van der Waals surface area contributed by atoms with E-state index in [2.05, 4.69) is 13.0 Å². The zero-order valence-corrected chi connectivity index (χ0v) is 16.4. The second kappa shape index (κ2) is 7.59. The number of carbonyl (C=O) groups excluding carboxylic acids is 1. The SMILES string of the molecule is Cc1ccc2c(CC(=O)N3CCC([C@@H]4OCCC4C(=O)O)CC3)coc2c1C. The van der Waals surface area contributed by atoms with Gasteiger partial charge < -0.3 is 19.2 Å². The highest BCUT2D eigenvalue weighted by atomic mass is 16.5. The van der Waals surface area contributed by atoms with Crippen molar-refractivity contribution in [2.24, 2.45) is 11.8 Å². The van der Waals surface area contributed by atoms with Gasteiger partial charge in [0.15, 0.2) is 0 Å². The smallest absolute Gasteiger partial charge is 0.309 e. The van der Waals surface area contributed by atoms with E-state index in [9.17, 15) is 14.7 Å². The molecule has 0 spiro atoms. The lowest BCUT2D eigenvalue weighted by Gasteiger charge is -2.35. The molecule has 6 heteroatoms. The molecule has 0 saturated carbocycles. The first-order chi connectivity index (χ1) is 13.5. The predicted octanol–water partition coefficient (Wildman–Crippen LogP) is 3.32. The maximum Gasteiger partial charge on any atom is 0.309 e. The van der Waals surface area contributed by atoms with E-state index in [0.29, 0.717) is 32.5 Å². The maximum absolute atomic E-state index is 12.8. The molecule has 28 heavy (non-hydrogen) atoms. The molecular formula is C22H27NO5. The Morgan fingerprint density at radius 2 is 1.93 bits per heavy atom. The Kier molecular flexibility index (Phi) is 5.15. The topological polar surface area (TPSA) is 80.0 Å². The molecule has 2 aliphatic heterocycles. The van der Waals surface area contributed by atoms with Gasteiger partial charge in [0.1, 0.15) is 5.58 Å². The van der Waals surface area contributed by atoms with Crippen LogP contribution in [-0.2, 0) is 20.7 Å². The van der Waals surface area contributed by atoms with Gasteiger partial charge in [-0.25, -0.2) is 0 Å². The Morgan fingerprint density at radius 1 is 1.18 bits per heavy atom. The summed E-state index contributed by atoms with van der Waals surface area (Å²) in [5.41, 5.74) is 4.08.